The second kappa shape index (κ2) is 4.76. The van der Waals surface area contributed by atoms with Gasteiger partial charge in [0.2, 0.25) is 5.91 Å². The predicted molar refractivity (Wildman–Crippen MR) is 65.3 cm³/mol. The third-order valence-corrected chi connectivity index (χ3v) is 4.70. The molecule has 18 heavy (non-hydrogen) atoms. The fourth-order valence-corrected chi connectivity index (χ4v) is 3.07. The van der Waals surface area contributed by atoms with Crippen LogP contribution in [0.3, 0.4) is 0 Å². The zero-order chi connectivity index (χ0) is 13.4. The number of nitrogens with zero attached hydrogens (tertiary/aromatic N) is 1. The Balaban J connectivity index is 1.86. The van der Waals surface area contributed by atoms with E-state index < -0.39 is 11.3 Å². The molecule has 0 aromatic rings. The number of rotatable bonds is 2. The van der Waals surface area contributed by atoms with Crippen molar-refractivity contribution in [3.63, 3.8) is 0 Å². The van der Waals surface area contributed by atoms with Gasteiger partial charge in [-0.1, -0.05) is 6.92 Å². The lowest BCUT2D eigenvalue weighted by atomic mass is 9.73. The summed E-state index contributed by atoms with van der Waals surface area (Å²) in [4.78, 5) is 13.5. The van der Waals surface area contributed by atoms with Gasteiger partial charge in [-0.05, 0) is 25.7 Å². The minimum absolute atomic E-state index is 0.0312. The van der Waals surface area contributed by atoms with Crippen LogP contribution in [0.1, 0.15) is 45.4 Å². The number of primary amides is 1. The molecule has 3 nitrogen and oxygen atoms in total. The Hall–Kier alpha value is -0.710. The largest absolute Gasteiger partial charge is 0.369 e. The molecule has 0 bridgehead atoms. The molecule has 2 N–H and O–H groups in total. The van der Waals surface area contributed by atoms with Gasteiger partial charge < -0.3 is 5.73 Å². The number of amides is 1. The molecule has 2 fully saturated rings. The highest BCUT2D eigenvalue weighted by atomic mass is 19.3. The number of likely N-dealkylation sites (tertiary alicyclic amines) is 1. The highest BCUT2D eigenvalue weighted by Crippen LogP contribution is 2.39. The van der Waals surface area contributed by atoms with Crippen LogP contribution in [0.15, 0.2) is 0 Å². The fraction of sp³-hybridized carbons (Fsp3) is 0.923. The minimum atomic E-state index is -2.48. The second-order valence-electron chi connectivity index (χ2n) is 6.05. The Kier molecular flexibility index (Phi) is 3.63. The highest BCUT2D eigenvalue weighted by Gasteiger charge is 2.40. The monoisotopic (exact) mass is 260 g/mol. The van der Waals surface area contributed by atoms with Crippen molar-refractivity contribution in [1.82, 2.24) is 4.90 Å². The topological polar surface area (TPSA) is 46.3 Å². The fourth-order valence-electron chi connectivity index (χ4n) is 3.07. The smallest absolute Gasteiger partial charge is 0.250 e. The van der Waals surface area contributed by atoms with Crippen molar-refractivity contribution in [3.05, 3.63) is 0 Å². The molecule has 0 atom stereocenters. The Bertz CT molecular complexity index is 315. The first kappa shape index (κ1) is 13.7. The summed E-state index contributed by atoms with van der Waals surface area (Å²) < 4.78 is 26.2. The van der Waals surface area contributed by atoms with E-state index in [1.807, 2.05) is 6.92 Å². The van der Waals surface area contributed by atoms with Gasteiger partial charge in [0.25, 0.3) is 5.92 Å². The number of alkyl halides is 2. The summed E-state index contributed by atoms with van der Waals surface area (Å²) in [6, 6.07) is 0.355. The van der Waals surface area contributed by atoms with E-state index in [-0.39, 0.29) is 18.7 Å². The van der Waals surface area contributed by atoms with Gasteiger partial charge in [-0.3, -0.25) is 9.69 Å². The van der Waals surface area contributed by atoms with Crippen LogP contribution in [0, 0.1) is 5.41 Å². The van der Waals surface area contributed by atoms with Crippen LogP contribution in [-0.4, -0.2) is 35.9 Å². The molecule has 2 rings (SSSR count). The quantitative estimate of drug-likeness (QED) is 0.827. The van der Waals surface area contributed by atoms with Gasteiger partial charge in [-0.2, -0.15) is 0 Å². The van der Waals surface area contributed by atoms with Gasteiger partial charge in [-0.25, -0.2) is 8.78 Å². The maximum Gasteiger partial charge on any atom is 0.250 e. The van der Waals surface area contributed by atoms with Crippen LogP contribution in [0.2, 0.25) is 0 Å². The van der Waals surface area contributed by atoms with Gasteiger partial charge in [0.05, 0.1) is 0 Å². The normalized spacial score (nSPS) is 37.4. The molecule has 1 saturated heterocycles. The lowest BCUT2D eigenvalue weighted by Gasteiger charge is -2.42. The van der Waals surface area contributed by atoms with Crippen LogP contribution in [0.4, 0.5) is 8.78 Å². The van der Waals surface area contributed by atoms with Crippen LogP contribution >= 0.6 is 0 Å². The van der Waals surface area contributed by atoms with Crippen molar-refractivity contribution in [2.45, 2.75) is 57.4 Å². The van der Waals surface area contributed by atoms with Gasteiger partial charge in [0.15, 0.2) is 0 Å². The minimum Gasteiger partial charge on any atom is -0.369 e. The number of halogens is 2. The number of hydrogen-bond donors (Lipinski definition) is 1. The predicted octanol–water partition coefficient (Wildman–Crippen LogP) is 2.15. The molecule has 0 radical (unpaired) electrons. The average Bonchev–Trinajstić information content (AvgIpc) is 2.30. The van der Waals surface area contributed by atoms with Crippen LogP contribution < -0.4 is 5.73 Å². The first-order chi connectivity index (χ1) is 8.32. The molecular formula is C13H22F2N2O. The van der Waals surface area contributed by atoms with Crippen molar-refractivity contribution in [2.24, 2.45) is 11.1 Å². The second-order valence-corrected chi connectivity index (χ2v) is 6.05. The Morgan fingerprint density at radius 3 is 2.11 bits per heavy atom. The molecule has 1 saturated carbocycles. The van der Waals surface area contributed by atoms with E-state index in [2.05, 4.69) is 4.90 Å². The summed E-state index contributed by atoms with van der Waals surface area (Å²) >= 11 is 0. The molecule has 1 aliphatic carbocycles. The molecule has 0 aromatic carbocycles. The number of nitrogens with two attached hydrogens (primary N) is 1. The zero-order valence-corrected chi connectivity index (χ0v) is 10.9. The maximum atomic E-state index is 13.1. The Morgan fingerprint density at radius 2 is 1.67 bits per heavy atom. The summed E-state index contributed by atoms with van der Waals surface area (Å²) in [5, 5.41) is 0. The number of piperidine rings is 1. The average molecular weight is 260 g/mol. The summed E-state index contributed by atoms with van der Waals surface area (Å²) in [6.45, 7) is 2.87. The maximum absolute atomic E-state index is 13.1. The van der Waals surface area contributed by atoms with E-state index in [4.69, 9.17) is 5.73 Å². The van der Waals surface area contributed by atoms with Gasteiger partial charge in [-0.15, -0.1) is 0 Å². The van der Waals surface area contributed by atoms with Crippen molar-refractivity contribution in [2.75, 3.05) is 13.1 Å². The number of hydrogen-bond acceptors (Lipinski definition) is 2. The van der Waals surface area contributed by atoms with Crippen molar-refractivity contribution in [3.8, 4) is 0 Å². The van der Waals surface area contributed by atoms with E-state index >= 15 is 0 Å². The molecular weight excluding hydrogens is 238 g/mol. The summed E-state index contributed by atoms with van der Waals surface area (Å²) in [5.41, 5.74) is 5.02. The zero-order valence-electron chi connectivity index (χ0n) is 10.9. The lowest BCUT2D eigenvalue weighted by Crippen LogP contribution is -2.48. The molecule has 5 heteroatoms. The van der Waals surface area contributed by atoms with E-state index in [1.165, 1.54) is 0 Å². The van der Waals surface area contributed by atoms with Crippen LogP contribution in [-0.2, 0) is 4.79 Å². The third-order valence-electron chi connectivity index (χ3n) is 4.70. The molecule has 0 unspecified atom stereocenters. The molecule has 2 aliphatic rings. The molecule has 1 heterocycles. The summed E-state index contributed by atoms with van der Waals surface area (Å²) in [7, 11) is 0. The standard InChI is InChI=1S/C13H22F2N2O/c1-12(11(16)18)4-2-10(3-5-12)17-8-6-13(14,15)7-9-17/h10H,2-9H2,1H3,(H2,16,18). The SMILES string of the molecule is CC1(C(N)=O)CCC(N2CCC(F)(F)CC2)CC1. The molecule has 1 aliphatic heterocycles. The first-order valence-corrected chi connectivity index (χ1v) is 6.74. The lowest BCUT2D eigenvalue weighted by molar-refractivity contribution is -0.129. The van der Waals surface area contributed by atoms with E-state index in [0.29, 0.717) is 19.1 Å². The van der Waals surface area contributed by atoms with Crippen LogP contribution in [0.5, 0.6) is 0 Å². The Labute approximate surface area is 107 Å². The molecule has 1 amide bonds. The molecule has 104 valence electrons. The van der Waals surface area contributed by atoms with Gasteiger partial charge in [0.1, 0.15) is 0 Å². The van der Waals surface area contributed by atoms with E-state index in [0.717, 1.165) is 25.7 Å². The van der Waals surface area contributed by atoms with E-state index in [9.17, 15) is 13.6 Å². The summed E-state index contributed by atoms with van der Waals surface area (Å²) in [6.07, 6.45) is 3.28. The Morgan fingerprint density at radius 1 is 1.17 bits per heavy atom. The highest BCUT2D eigenvalue weighted by molar-refractivity contribution is 5.80. The molecule has 0 spiro atoms. The number of carbonyl (C=O) groups excluding carboxylic acids is 1. The van der Waals surface area contributed by atoms with Crippen molar-refractivity contribution in [1.29, 1.82) is 0 Å². The van der Waals surface area contributed by atoms with Crippen molar-refractivity contribution < 1.29 is 13.6 Å². The van der Waals surface area contributed by atoms with Gasteiger partial charge >= 0.3 is 0 Å². The van der Waals surface area contributed by atoms with Crippen LogP contribution in [0.25, 0.3) is 0 Å². The van der Waals surface area contributed by atoms with Gasteiger partial charge in [0, 0.05) is 37.4 Å². The molecule has 0 aromatic heterocycles. The van der Waals surface area contributed by atoms with Crippen molar-refractivity contribution >= 4 is 5.91 Å². The summed E-state index contributed by atoms with van der Waals surface area (Å²) in [5.74, 6) is -2.71. The third kappa shape index (κ3) is 2.82. The van der Waals surface area contributed by atoms with E-state index in [1.54, 1.807) is 0 Å². The number of carbonyl (C=O) groups is 1. The first-order valence-electron chi connectivity index (χ1n) is 6.74.